The molecule has 4 aromatic rings. The van der Waals surface area contributed by atoms with Crippen molar-refractivity contribution < 1.29 is 24.2 Å². The van der Waals surface area contributed by atoms with E-state index in [0.29, 0.717) is 25.9 Å². The van der Waals surface area contributed by atoms with Gasteiger partial charge in [-0.15, -0.1) is 0 Å². The van der Waals surface area contributed by atoms with E-state index < -0.39 is 18.1 Å². The molecule has 0 aliphatic heterocycles. The minimum Gasteiger partial charge on any atom is -0.494 e. The fraction of sp³-hybridized carbons (Fsp3) is 0.235. The van der Waals surface area contributed by atoms with Gasteiger partial charge in [-0.3, -0.25) is 4.90 Å². The minimum absolute atomic E-state index is 0.103. The van der Waals surface area contributed by atoms with E-state index in [4.69, 9.17) is 9.47 Å². The fourth-order valence-electron chi connectivity index (χ4n) is 5.32. The molecule has 6 heteroatoms. The first-order chi connectivity index (χ1) is 19.6. The zero-order chi connectivity index (χ0) is 27.7. The summed E-state index contributed by atoms with van der Waals surface area (Å²) in [6, 6.07) is 34.2. The van der Waals surface area contributed by atoms with Crippen molar-refractivity contribution in [3.63, 3.8) is 0 Å². The Morgan fingerprint density at radius 2 is 1.32 bits per heavy atom. The largest absolute Gasteiger partial charge is 0.494 e. The Morgan fingerprint density at radius 3 is 1.95 bits per heavy atom. The van der Waals surface area contributed by atoms with Crippen molar-refractivity contribution in [1.29, 1.82) is 0 Å². The lowest BCUT2D eigenvalue weighted by atomic mass is 9.98. The number of para-hydroxylation sites is 1. The van der Waals surface area contributed by atoms with E-state index in [2.05, 4.69) is 24.3 Å². The Balaban J connectivity index is 1.27. The van der Waals surface area contributed by atoms with Gasteiger partial charge >= 0.3 is 12.1 Å². The molecule has 1 aliphatic rings. The number of carboxylic acid groups (broad SMARTS) is 1. The van der Waals surface area contributed by atoms with Crippen molar-refractivity contribution in [3.05, 3.63) is 126 Å². The molecule has 6 nitrogen and oxygen atoms in total. The summed E-state index contributed by atoms with van der Waals surface area (Å²) in [5.74, 6) is -0.372. The summed E-state index contributed by atoms with van der Waals surface area (Å²) in [4.78, 5) is 27.3. The summed E-state index contributed by atoms with van der Waals surface area (Å²) in [5.41, 5.74) is 5.34. The minimum atomic E-state index is -1.05. The number of carbonyl (C=O) groups is 2. The Hall–Kier alpha value is -4.58. The average molecular weight is 536 g/mol. The van der Waals surface area contributed by atoms with Crippen LogP contribution < -0.4 is 4.74 Å². The van der Waals surface area contributed by atoms with E-state index in [-0.39, 0.29) is 19.1 Å². The number of aliphatic carboxylic acids is 1. The van der Waals surface area contributed by atoms with Gasteiger partial charge in [0.2, 0.25) is 0 Å². The molecular formula is C34H33NO5. The summed E-state index contributed by atoms with van der Waals surface area (Å²) in [7, 11) is 0. The maximum atomic E-state index is 13.6. The van der Waals surface area contributed by atoms with Gasteiger partial charge in [-0.2, -0.15) is 0 Å². The van der Waals surface area contributed by atoms with Crippen LogP contribution in [-0.2, 0) is 16.1 Å². The Morgan fingerprint density at radius 1 is 0.750 bits per heavy atom. The second-order valence-electron chi connectivity index (χ2n) is 9.93. The zero-order valence-electron chi connectivity index (χ0n) is 22.3. The van der Waals surface area contributed by atoms with Gasteiger partial charge in [-0.05, 0) is 59.2 Å². The van der Waals surface area contributed by atoms with Crippen LogP contribution in [0, 0.1) is 0 Å². The number of fused-ring (bicyclic) bond motifs is 3. The van der Waals surface area contributed by atoms with Gasteiger partial charge < -0.3 is 14.6 Å². The molecule has 1 atom stereocenters. The first-order valence-corrected chi connectivity index (χ1v) is 13.7. The molecule has 0 radical (unpaired) electrons. The van der Waals surface area contributed by atoms with Crippen LogP contribution in [0.25, 0.3) is 11.1 Å². The zero-order valence-corrected chi connectivity index (χ0v) is 22.3. The highest BCUT2D eigenvalue weighted by molar-refractivity contribution is 5.81. The molecule has 4 aromatic carbocycles. The van der Waals surface area contributed by atoms with E-state index in [9.17, 15) is 14.7 Å². The highest BCUT2D eigenvalue weighted by Crippen LogP contribution is 2.44. The molecule has 0 heterocycles. The fourth-order valence-corrected chi connectivity index (χ4v) is 5.32. The first-order valence-electron chi connectivity index (χ1n) is 13.7. The standard InChI is InChI=1S/C34H33NO5/c36-33(37)32(21-11-12-22-39-26-15-5-2-6-16-26)35(23-25-13-3-1-4-14-25)34(38)40-24-31-29-19-9-7-17-27(29)28-18-8-10-20-30(28)31/h1-10,13-20,31-32H,11-12,21-24H2,(H,36,37)/t32-/m0/s1. The van der Waals surface area contributed by atoms with E-state index in [1.54, 1.807) is 0 Å². The number of amides is 1. The molecule has 0 unspecified atom stereocenters. The Kier molecular flexibility index (Phi) is 8.76. The maximum Gasteiger partial charge on any atom is 0.410 e. The first kappa shape index (κ1) is 27.0. The smallest absolute Gasteiger partial charge is 0.410 e. The predicted molar refractivity (Wildman–Crippen MR) is 154 cm³/mol. The third-order valence-corrected chi connectivity index (χ3v) is 7.31. The number of unbranched alkanes of at least 4 members (excludes halogenated alkanes) is 1. The van der Waals surface area contributed by atoms with E-state index in [0.717, 1.165) is 33.6 Å². The molecule has 0 bridgehead atoms. The molecule has 1 aliphatic carbocycles. The Bertz CT molecular complexity index is 1380. The van der Waals surface area contributed by atoms with E-state index in [1.807, 2.05) is 84.9 Å². The van der Waals surface area contributed by atoms with Crippen molar-refractivity contribution in [2.24, 2.45) is 0 Å². The number of hydrogen-bond acceptors (Lipinski definition) is 4. The SMILES string of the molecule is O=C(O)[C@H](CCCCOc1ccccc1)N(Cc1ccccc1)C(=O)OCC1c2ccccc2-c2ccccc21. The molecule has 1 N–H and O–H groups in total. The second-order valence-corrected chi connectivity index (χ2v) is 9.93. The quantitative estimate of drug-likeness (QED) is 0.195. The molecule has 40 heavy (non-hydrogen) atoms. The average Bonchev–Trinajstić information content (AvgIpc) is 3.31. The number of benzene rings is 4. The molecule has 204 valence electrons. The summed E-state index contributed by atoms with van der Waals surface area (Å²) in [6.07, 6.45) is 0.928. The number of rotatable bonds is 12. The van der Waals surface area contributed by atoms with Gasteiger partial charge in [0.15, 0.2) is 0 Å². The molecule has 0 saturated heterocycles. The molecule has 0 aromatic heterocycles. The highest BCUT2D eigenvalue weighted by atomic mass is 16.6. The van der Waals surface area contributed by atoms with Crippen LogP contribution in [0.4, 0.5) is 4.79 Å². The summed E-state index contributed by atoms with van der Waals surface area (Å²) >= 11 is 0. The van der Waals surface area contributed by atoms with Crippen LogP contribution in [0.2, 0.25) is 0 Å². The number of hydrogen-bond donors (Lipinski definition) is 1. The van der Waals surface area contributed by atoms with Crippen LogP contribution >= 0.6 is 0 Å². The van der Waals surface area contributed by atoms with Crippen LogP contribution in [0.15, 0.2) is 109 Å². The van der Waals surface area contributed by atoms with Crippen molar-refractivity contribution >= 4 is 12.1 Å². The van der Waals surface area contributed by atoms with Crippen LogP contribution in [0.3, 0.4) is 0 Å². The van der Waals surface area contributed by atoms with Crippen molar-refractivity contribution in [3.8, 4) is 16.9 Å². The summed E-state index contributed by atoms with van der Waals surface area (Å²) in [5, 5.41) is 10.2. The predicted octanol–water partition coefficient (Wildman–Crippen LogP) is 7.14. The van der Waals surface area contributed by atoms with Crippen LogP contribution in [-0.4, -0.2) is 41.3 Å². The van der Waals surface area contributed by atoms with Crippen molar-refractivity contribution in [2.75, 3.05) is 13.2 Å². The van der Waals surface area contributed by atoms with Gasteiger partial charge in [0.25, 0.3) is 0 Å². The van der Waals surface area contributed by atoms with Gasteiger partial charge in [0.05, 0.1) is 6.61 Å². The lowest BCUT2D eigenvalue weighted by molar-refractivity contribution is -0.143. The maximum absolute atomic E-state index is 13.6. The van der Waals surface area contributed by atoms with E-state index >= 15 is 0 Å². The van der Waals surface area contributed by atoms with Gasteiger partial charge in [-0.1, -0.05) is 97.1 Å². The number of carbonyl (C=O) groups excluding carboxylic acids is 1. The van der Waals surface area contributed by atoms with Crippen LogP contribution in [0.5, 0.6) is 5.75 Å². The van der Waals surface area contributed by atoms with Gasteiger partial charge in [0, 0.05) is 12.5 Å². The molecule has 0 saturated carbocycles. The third-order valence-electron chi connectivity index (χ3n) is 7.31. The Labute approximate surface area is 234 Å². The highest BCUT2D eigenvalue weighted by Gasteiger charge is 2.33. The molecule has 0 fully saturated rings. The number of carboxylic acids is 1. The topological polar surface area (TPSA) is 76.1 Å². The number of nitrogens with zero attached hydrogens (tertiary/aromatic N) is 1. The molecular weight excluding hydrogens is 502 g/mol. The molecule has 1 amide bonds. The lowest BCUT2D eigenvalue weighted by Crippen LogP contribution is -2.45. The van der Waals surface area contributed by atoms with Crippen LogP contribution in [0.1, 0.15) is 41.9 Å². The summed E-state index contributed by atoms with van der Waals surface area (Å²) in [6.45, 7) is 0.754. The summed E-state index contributed by atoms with van der Waals surface area (Å²) < 4.78 is 11.6. The number of ether oxygens (including phenoxy) is 2. The molecule has 5 rings (SSSR count). The molecule has 0 spiro atoms. The normalized spacial score (nSPS) is 12.7. The van der Waals surface area contributed by atoms with Crippen molar-refractivity contribution in [2.45, 2.75) is 37.8 Å². The van der Waals surface area contributed by atoms with Crippen molar-refractivity contribution in [1.82, 2.24) is 4.90 Å². The van der Waals surface area contributed by atoms with Gasteiger partial charge in [-0.25, -0.2) is 9.59 Å². The second kappa shape index (κ2) is 13.0. The third kappa shape index (κ3) is 6.34. The van der Waals surface area contributed by atoms with Gasteiger partial charge in [0.1, 0.15) is 18.4 Å². The van der Waals surface area contributed by atoms with E-state index in [1.165, 1.54) is 4.90 Å². The lowest BCUT2D eigenvalue weighted by Gasteiger charge is -2.29. The monoisotopic (exact) mass is 535 g/mol.